The topological polar surface area (TPSA) is 46.3 Å². The number of aromatic nitrogens is 1. The molecule has 2 heterocycles. The number of hydrogen-bond donors (Lipinski definition) is 0. The van der Waals surface area contributed by atoms with Crippen molar-refractivity contribution >= 4 is 11.6 Å². The summed E-state index contributed by atoms with van der Waals surface area (Å²) in [5.74, 6) is 0.897. The third-order valence-electron chi connectivity index (χ3n) is 4.29. The largest absolute Gasteiger partial charge is 0.360 e. The van der Waals surface area contributed by atoms with Crippen LogP contribution in [0.4, 0.5) is 5.69 Å². The molecule has 0 spiro atoms. The molecule has 0 unspecified atom stereocenters. The van der Waals surface area contributed by atoms with Gasteiger partial charge in [0.25, 0.3) is 5.91 Å². The fourth-order valence-corrected chi connectivity index (χ4v) is 3.23. The Bertz CT molecular complexity index is 675. The fraction of sp³-hybridized carbons (Fsp3) is 0.375. The summed E-state index contributed by atoms with van der Waals surface area (Å²) in [6, 6.07) is 8.08. The monoisotopic (exact) mass is 268 g/mol. The Kier molecular flexibility index (Phi) is 2.62. The molecule has 20 heavy (non-hydrogen) atoms. The van der Waals surface area contributed by atoms with Crippen molar-refractivity contribution in [1.29, 1.82) is 0 Å². The second-order valence-electron chi connectivity index (χ2n) is 5.48. The molecule has 1 aliphatic heterocycles. The first kappa shape index (κ1) is 11.7. The number of fused-ring (bicyclic) bond motifs is 2. The van der Waals surface area contributed by atoms with E-state index in [1.54, 1.807) is 0 Å². The normalized spacial score (nSPS) is 16.9. The van der Waals surface area contributed by atoms with Gasteiger partial charge in [-0.1, -0.05) is 23.4 Å². The van der Waals surface area contributed by atoms with Crippen molar-refractivity contribution in [3.05, 3.63) is 46.8 Å². The summed E-state index contributed by atoms with van der Waals surface area (Å²) in [6.07, 6.45) is 4.98. The first-order valence-corrected chi connectivity index (χ1v) is 7.22. The van der Waals surface area contributed by atoms with Crippen LogP contribution in [-0.4, -0.2) is 17.6 Å². The molecule has 4 rings (SSSR count). The Morgan fingerprint density at radius 3 is 2.95 bits per heavy atom. The van der Waals surface area contributed by atoms with Gasteiger partial charge in [0.05, 0.1) is 0 Å². The fourth-order valence-electron chi connectivity index (χ4n) is 3.23. The van der Waals surface area contributed by atoms with E-state index >= 15 is 0 Å². The van der Waals surface area contributed by atoms with Crippen LogP contribution < -0.4 is 4.90 Å². The van der Waals surface area contributed by atoms with Gasteiger partial charge in [-0.15, -0.1) is 0 Å². The van der Waals surface area contributed by atoms with Gasteiger partial charge in [-0.05, 0) is 37.3 Å². The Balaban J connectivity index is 1.70. The number of aryl methyl sites for hydroxylation is 1. The van der Waals surface area contributed by atoms with Crippen LogP contribution in [0, 0.1) is 0 Å². The van der Waals surface area contributed by atoms with Crippen LogP contribution in [0.25, 0.3) is 0 Å². The van der Waals surface area contributed by atoms with Gasteiger partial charge >= 0.3 is 0 Å². The molecule has 0 bridgehead atoms. The van der Waals surface area contributed by atoms with Crippen molar-refractivity contribution < 1.29 is 9.32 Å². The summed E-state index contributed by atoms with van der Waals surface area (Å²) in [6.45, 7) is 0.736. The number of hydrogen-bond acceptors (Lipinski definition) is 3. The summed E-state index contributed by atoms with van der Waals surface area (Å²) >= 11 is 0. The molecule has 1 aromatic heterocycles. The first-order valence-electron chi connectivity index (χ1n) is 7.22. The molecule has 0 fully saturated rings. The highest BCUT2D eigenvalue weighted by molar-refractivity contribution is 6.07. The molecule has 0 saturated heterocycles. The molecule has 4 heteroatoms. The molecule has 1 aliphatic carbocycles. The summed E-state index contributed by atoms with van der Waals surface area (Å²) in [5.41, 5.74) is 3.81. The molecule has 0 radical (unpaired) electrons. The number of rotatable bonds is 1. The van der Waals surface area contributed by atoms with Gasteiger partial charge in [0.15, 0.2) is 5.69 Å². The SMILES string of the molecule is O=C(c1noc2c1CCCC2)N1CCc2ccccc21. The van der Waals surface area contributed by atoms with Crippen molar-refractivity contribution in [3.63, 3.8) is 0 Å². The summed E-state index contributed by atoms with van der Waals surface area (Å²) < 4.78 is 5.36. The van der Waals surface area contributed by atoms with E-state index < -0.39 is 0 Å². The predicted molar refractivity (Wildman–Crippen MR) is 75.0 cm³/mol. The first-order chi connectivity index (χ1) is 9.84. The summed E-state index contributed by atoms with van der Waals surface area (Å²) in [5, 5.41) is 4.05. The minimum Gasteiger partial charge on any atom is -0.360 e. The third-order valence-corrected chi connectivity index (χ3v) is 4.29. The number of anilines is 1. The van der Waals surface area contributed by atoms with E-state index in [1.165, 1.54) is 5.56 Å². The highest BCUT2D eigenvalue weighted by Gasteiger charge is 2.31. The minimum absolute atomic E-state index is 0.0122. The zero-order chi connectivity index (χ0) is 13.5. The molecule has 0 atom stereocenters. The van der Waals surface area contributed by atoms with Crippen molar-refractivity contribution in [2.24, 2.45) is 0 Å². The number of carbonyl (C=O) groups excluding carboxylic acids is 1. The smallest absolute Gasteiger partial charge is 0.280 e. The molecule has 1 aromatic carbocycles. The average molecular weight is 268 g/mol. The Morgan fingerprint density at radius 2 is 2.00 bits per heavy atom. The average Bonchev–Trinajstić information content (AvgIpc) is 3.11. The molecular weight excluding hydrogens is 252 g/mol. The van der Waals surface area contributed by atoms with E-state index in [4.69, 9.17) is 4.52 Å². The van der Waals surface area contributed by atoms with E-state index in [2.05, 4.69) is 11.2 Å². The summed E-state index contributed by atoms with van der Waals surface area (Å²) in [4.78, 5) is 14.6. The number of nitrogens with zero attached hydrogens (tertiary/aromatic N) is 2. The molecular formula is C16H16N2O2. The number of benzene rings is 1. The molecule has 1 amide bonds. The van der Waals surface area contributed by atoms with E-state index in [0.717, 1.165) is 55.7 Å². The van der Waals surface area contributed by atoms with Crippen LogP contribution >= 0.6 is 0 Å². The highest BCUT2D eigenvalue weighted by atomic mass is 16.5. The van der Waals surface area contributed by atoms with Crippen LogP contribution in [0.5, 0.6) is 0 Å². The van der Waals surface area contributed by atoms with Crippen LogP contribution in [0.2, 0.25) is 0 Å². The third kappa shape index (κ3) is 1.68. The van der Waals surface area contributed by atoms with Crippen molar-refractivity contribution in [1.82, 2.24) is 5.16 Å². The Hall–Kier alpha value is -2.10. The van der Waals surface area contributed by atoms with Gasteiger partial charge in [-0.3, -0.25) is 4.79 Å². The number of para-hydroxylation sites is 1. The lowest BCUT2D eigenvalue weighted by Crippen LogP contribution is -2.30. The van der Waals surface area contributed by atoms with Gasteiger partial charge < -0.3 is 9.42 Å². The van der Waals surface area contributed by atoms with E-state index in [1.807, 2.05) is 23.1 Å². The number of carbonyl (C=O) groups is 1. The molecule has 0 saturated carbocycles. The molecule has 0 N–H and O–H groups in total. The lowest BCUT2D eigenvalue weighted by molar-refractivity contribution is 0.0980. The molecule has 2 aliphatic rings. The number of amides is 1. The lowest BCUT2D eigenvalue weighted by atomic mass is 9.96. The standard InChI is InChI=1S/C16H16N2O2/c19-16(15-12-6-2-4-8-14(12)20-17-15)18-10-9-11-5-1-3-7-13(11)18/h1,3,5,7H,2,4,6,8-10H2. The Labute approximate surface area is 117 Å². The maximum Gasteiger partial charge on any atom is 0.280 e. The van der Waals surface area contributed by atoms with Gasteiger partial charge in [-0.2, -0.15) is 0 Å². The predicted octanol–water partition coefficient (Wildman–Crippen LogP) is 2.76. The van der Waals surface area contributed by atoms with Crippen molar-refractivity contribution in [2.75, 3.05) is 11.4 Å². The van der Waals surface area contributed by atoms with Crippen molar-refractivity contribution in [2.45, 2.75) is 32.1 Å². The lowest BCUT2D eigenvalue weighted by Gasteiger charge is -2.17. The van der Waals surface area contributed by atoms with Gasteiger partial charge in [-0.25, -0.2) is 0 Å². The zero-order valence-electron chi connectivity index (χ0n) is 11.3. The maximum absolute atomic E-state index is 12.7. The van der Waals surface area contributed by atoms with E-state index in [0.29, 0.717) is 5.69 Å². The van der Waals surface area contributed by atoms with Gasteiger partial charge in [0.1, 0.15) is 5.76 Å². The van der Waals surface area contributed by atoms with Gasteiger partial charge in [0, 0.05) is 24.2 Å². The van der Waals surface area contributed by atoms with E-state index in [9.17, 15) is 4.79 Å². The Morgan fingerprint density at radius 1 is 1.15 bits per heavy atom. The van der Waals surface area contributed by atoms with Crippen LogP contribution in [-0.2, 0) is 19.3 Å². The second kappa shape index (κ2) is 4.47. The molecule has 2 aromatic rings. The zero-order valence-corrected chi connectivity index (χ0v) is 11.3. The molecule has 4 nitrogen and oxygen atoms in total. The van der Waals surface area contributed by atoms with Gasteiger partial charge in [0.2, 0.25) is 0 Å². The van der Waals surface area contributed by atoms with Crippen molar-refractivity contribution in [3.8, 4) is 0 Å². The van der Waals surface area contributed by atoms with E-state index in [-0.39, 0.29) is 5.91 Å². The van der Waals surface area contributed by atoms with Crippen LogP contribution in [0.15, 0.2) is 28.8 Å². The highest BCUT2D eigenvalue weighted by Crippen LogP contribution is 2.31. The maximum atomic E-state index is 12.7. The van der Waals surface area contributed by atoms with Crippen LogP contribution in [0.1, 0.15) is 40.2 Å². The second-order valence-corrected chi connectivity index (χ2v) is 5.48. The minimum atomic E-state index is -0.0122. The summed E-state index contributed by atoms with van der Waals surface area (Å²) in [7, 11) is 0. The quantitative estimate of drug-likeness (QED) is 0.799. The van der Waals surface area contributed by atoms with Crippen LogP contribution in [0.3, 0.4) is 0 Å². The molecule has 102 valence electrons.